The number of sulfonamides is 1. The molecule has 10 heteroatoms. The van der Waals surface area contributed by atoms with Gasteiger partial charge in [-0.15, -0.1) is 0 Å². The molecule has 0 heterocycles. The van der Waals surface area contributed by atoms with Crippen LogP contribution in [-0.4, -0.2) is 50.5 Å². The van der Waals surface area contributed by atoms with Gasteiger partial charge in [-0.3, -0.25) is 13.9 Å². The molecule has 2 amide bonds. The number of anilines is 1. The number of nitrogens with zero attached hydrogens (tertiary/aromatic N) is 2. The molecule has 0 aliphatic heterocycles. The maximum absolute atomic E-state index is 13.6. The van der Waals surface area contributed by atoms with Crippen LogP contribution in [0.3, 0.4) is 0 Å². The van der Waals surface area contributed by atoms with Gasteiger partial charge in [0.15, 0.2) is 0 Å². The van der Waals surface area contributed by atoms with E-state index in [1.54, 1.807) is 56.3 Å². The summed E-state index contributed by atoms with van der Waals surface area (Å²) in [6.45, 7) is 5.48. The van der Waals surface area contributed by atoms with Gasteiger partial charge in [0.2, 0.25) is 21.8 Å². The monoisotopic (exact) mass is 527 g/mol. The van der Waals surface area contributed by atoms with Crippen molar-refractivity contribution in [2.45, 2.75) is 46.2 Å². The lowest BCUT2D eigenvalue weighted by Crippen LogP contribution is -2.52. The molecule has 0 aliphatic carbocycles. The van der Waals surface area contributed by atoms with Crippen LogP contribution in [0, 0.1) is 6.92 Å². The molecule has 0 aromatic heterocycles. The first-order valence-corrected chi connectivity index (χ1v) is 13.6. The Morgan fingerprint density at radius 2 is 1.68 bits per heavy atom. The molecule has 0 radical (unpaired) electrons. The van der Waals surface area contributed by atoms with Gasteiger partial charge in [0, 0.05) is 23.1 Å². The highest BCUT2D eigenvalue weighted by molar-refractivity contribution is 7.92. The smallest absolute Gasteiger partial charge is 0.244 e. The summed E-state index contributed by atoms with van der Waals surface area (Å²) in [5.74, 6) is -0.821. The van der Waals surface area contributed by atoms with Gasteiger partial charge in [-0.25, -0.2) is 8.42 Å². The quantitative estimate of drug-likeness (QED) is 0.469. The minimum atomic E-state index is -3.83. The zero-order valence-corrected chi connectivity index (χ0v) is 22.2. The Kier molecular flexibility index (Phi) is 10.2. The molecular formula is C24H31Cl2N3O4S. The first-order chi connectivity index (χ1) is 16.0. The molecule has 0 unspecified atom stereocenters. The van der Waals surface area contributed by atoms with E-state index < -0.39 is 28.5 Å². The summed E-state index contributed by atoms with van der Waals surface area (Å²) < 4.78 is 26.4. The van der Waals surface area contributed by atoms with Gasteiger partial charge in [-0.1, -0.05) is 61.3 Å². The Balaban J connectivity index is 2.48. The normalized spacial score (nSPS) is 12.2. The van der Waals surface area contributed by atoms with Crippen molar-refractivity contribution in [2.75, 3.05) is 23.7 Å². The third-order valence-electron chi connectivity index (χ3n) is 5.42. The summed E-state index contributed by atoms with van der Waals surface area (Å²) in [6.07, 6.45) is 2.13. The Hall–Kier alpha value is -2.29. The van der Waals surface area contributed by atoms with Crippen LogP contribution in [0.1, 0.15) is 37.8 Å². The summed E-state index contributed by atoms with van der Waals surface area (Å²) in [5, 5.41) is 3.68. The van der Waals surface area contributed by atoms with E-state index in [0.717, 1.165) is 17.0 Å². The molecule has 186 valence electrons. The number of carbonyl (C=O) groups is 2. The molecule has 0 aliphatic rings. The predicted octanol–water partition coefficient (Wildman–Crippen LogP) is 4.40. The molecular weight excluding hydrogens is 497 g/mol. The van der Waals surface area contributed by atoms with Crippen molar-refractivity contribution in [1.82, 2.24) is 10.2 Å². The lowest BCUT2D eigenvalue weighted by molar-refractivity contribution is -0.140. The van der Waals surface area contributed by atoms with E-state index >= 15 is 0 Å². The highest BCUT2D eigenvalue weighted by Crippen LogP contribution is 2.29. The topological polar surface area (TPSA) is 86.8 Å². The number of halogens is 2. The lowest BCUT2D eigenvalue weighted by atomic mass is 10.1. The van der Waals surface area contributed by atoms with Crippen LogP contribution in [0.15, 0.2) is 42.5 Å². The van der Waals surface area contributed by atoms with Crippen LogP contribution in [0.25, 0.3) is 0 Å². The number of amides is 2. The van der Waals surface area contributed by atoms with E-state index in [1.807, 2.05) is 6.92 Å². The number of nitrogens with one attached hydrogen (secondary N) is 1. The molecule has 1 atom stereocenters. The highest BCUT2D eigenvalue weighted by atomic mass is 35.5. The van der Waals surface area contributed by atoms with E-state index in [9.17, 15) is 18.0 Å². The number of hydrogen-bond donors (Lipinski definition) is 1. The maximum Gasteiger partial charge on any atom is 0.244 e. The van der Waals surface area contributed by atoms with Gasteiger partial charge in [-0.2, -0.15) is 0 Å². The van der Waals surface area contributed by atoms with E-state index in [-0.39, 0.29) is 12.5 Å². The summed E-state index contributed by atoms with van der Waals surface area (Å²) in [7, 11) is -3.83. The van der Waals surface area contributed by atoms with E-state index in [4.69, 9.17) is 23.2 Å². The van der Waals surface area contributed by atoms with Crippen LogP contribution in [0.5, 0.6) is 0 Å². The van der Waals surface area contributed by atoms with Crippen LogP contribution in [0.4, 0.5) is 5.69 Å². The van der Waals surface area contributed by atoms with Gasteiger partial charge < -0.3 is 10.2 Å². The molecule has 1 N–H and O–H groups in total. The Bertz CT molecular complexity index is 1120. The minimum Gasteiger partial charge on any atom is -0.354 e. The first-order valence-electron chi connectivity index (χ1n) is 11.0. The summed E-state index contributed by atoms with van der Waals surface area (Å²) in [4.78, 5) is 27.9. The molecule has 2 aromatic carbocycles. The van der Waals surface area contributed by atoms with E-state index in [0.29, 0.717) is 39.8 Å². The fraction of sp³-hybridized carbons (Fsp3) is 0.417. The van der Waals surface area contributed by atoms with Gasteiger partial charge in [-0.05, 0) is 49.1 Å². The van der Waals surface area contributed by atoms with Crippen LogP contribution in [0.2, 0.25) is 10.0 Å². The molecule has 0 spiro atoms. The molecule has 2 rings (SSSR count). The third-order valence-corrected chi connectivity index (χ3v) is 7.33. The average Bonchev–Trinajstić information content (AvgIpc) is 2.78. The van der Waals surface area contributed by atoms with Gasteiger partial charge >= 0.3 is 0 Å². The van der Waals surface area contributed by atoms with Crippen molar-refractivity contribution in [1.29, 1.82) is 0 Å². The number of hydrogen-bond acceptors (Lipinski definition) is 4. The van der Waals surface area contributed by atoms with Crippen molar-refractivity contribution in [3.63, 3.8) is 0 Å². The third kappa shape index (κ3) is 7.10. The lowest BCUT2D eigenvalue weighted by Gasteiger charge is -2.33. The molecule has 0 fully saturated rings. The maximum atomic E-state index is 13.6. The van der Waals surface area contributed by atoms with Crippen molar-refractivity contribution in [3.8, 4) is 0 Å². The predicted molar refractivity (Wildman–Crippen MR) is 138 cm³/mol. The van der Waals surface area contributed by atoms with Gasteiger partial charge in [0.05, 0.1) is 11.9 Å². The van der Waals surface area contributed by atoms with E-state index in [1.165, 1.54) is 4.90 Å². The minimum absolute atomic E-state index is 0.0582. The van der Waals surface area contributed by atoms with Gasteiger partial charge in [0.1, 0.15) is 12.6 Å². The summed E-state index contributed by atoms with van der Waals surface area (Å²) >= 11 is 12.5. The summed E-state index contributed by atoms with van der Waals surface area (Å²) in [5.41, 5.74) is 1.50. The molecule has 0 saturated heterocycles. The van der Waals surface area contributed by atoms with Crippen LogP contribution in [-0.2, 0) is 26.2 Å². The second kappa shape index (κ2) is 12.4. The number of carbonyl (C=O) groups excluding carboxylic acids is 2. The van der Waals surface area contributed by atoms with Crippen molar-refractivity contribution < 1.29 is 18.0 Å². The van der Waals surface area contributed by atoms with Crippen LogP contribution >= 0.6 is 23.2 Å². The Labute approximate surface area is 212 Å². The van der Waals surface area contributed by atoms with Gasteiger partial charge in [0.25, 0.3) is 0 Å². The number of benzene rings is 2. The summed E-state index contributed by atoms with van der Waals surface area (Å²) in [6, 6.07) is 11.1. The zero-order valence-electron chi connectivity index (χ0n) is 19.8. The standard InChI is InChI=1S/C24H31Cl2N3O4S/c1-5-14-27-24(31)21(6-2)28(15-18-10-7-8-11-20(18)26)23(30)16-29(34(4,32)33)22-13-9-12-19(25)17(22)3/h7-13,21H,5-6,14-16H2,1-4H3,(H,27,31)/t21-/m1/s1. The Morgan fingerprint density at radius 1 is 1.03 bits per heavy atom. The average molecular weight is 529 g/mol. The Morgan fingerprint density at radius 3 is 2.26 bits per heavy atom. The second-order valence-electron chi connectivity index (χ2n) is 7.98. The van der Waals surface area contributed by atoms with Crippen molar-refractivity contribution in [3.05, 3.63) is 63.6 Å². The van der Waals surface area contributed by atoms with E-state index in [2.05, 4.69) is 5.32 Å². The largest absolute Gasteiger partial charge is 0.354 e. The SMILES string of the molecule is CCCNC(=O)[C@@H](CC)N(Cc1ccccc1Cl)C(=O)CN(c1cccc(Cl)c1C)S(C)(=O)=O. The first kappa shape index (κ1) is 28.0. The molecule has 0 saturated carbocycles. The van der Waals surface area contributed by atoms with Crippen LogP contribution < -0.4 is 9.62 Å². The second-order valence-corrected chi connectivity index (χ2v) is 10.7. The fourth-order valence-electron chi connectivity index (χ4n) is 3.56. The highest BCUT2D eigenvalue weighted by Gasteiger charge is 2.32. The fourth-order valence-corrected chi connectivity index (χ4v) is 4.82. The molecule has 0 bridgehead atoms. The van der Waals surface area contributed by atoms with Crippen molar-refractivity contribution in [2.24, 2.45) is 0 Å². The molecule has 2 aromatic rings. The number of rotatable bonds is 11. The van der Waals surface area contributed by atoms with Crippen molar-refractivity contribution >= 4 is 50.7 Å². The molecule has 7 nitrogen and oxygen atoms in total. The molecule has 34 heavy (non-hydrogen) atoms. The zero-order chi connectivity index (χ0) is 25.5.